The van der Waals surface area contributed by atoms with E-state index < -0.39 is 0 Å². The Balaban J connectivity index is 0.954. The minimum Gasteiger partial charge on any atom is -0.366 e. The molecule has 7 rings (SSSR count). The number of pyridine rings is 5. The van der Waals surface area contributed by atoms with Crippen molar-refractivity contribution in [3.63, 3.8) is 0 Å². The summed E-state index contributed by atoms with van der Waals surface area (Å²) in [5, 5.41) is 20.5. The minimum absolute atomic E-state index is 0.0528. The number of benzene rings is 2. The van der Waals surface area contributed by atoms with E-state index >= 15 is 0 Å². The molecule has 0 unspecified atom stereocenters. The van der Waals surface area contributed by atoms with Crippen molar-refractivity contribution < 1.29 is 0 Å². The fourth-order valence-corrected chi connectivity index (χ4v) is 7.16. The number of aromatic nitrogens is 5. The number of anilines is 10. The molecule has 6 N–H and O–H groups in total. The Morgan fingerprint density at radius 2 is 0.485 bits per heavy atom. The molecule has 0 saturated carbocycles. The highest BCUT2D eigenvalue weighted by atomic mass is 15.2. The van der Waals surface area contributed by atoms with Crippen LogP contribution in [0.2, 0.25) is 0 Å². The monoisotopic (exact) mass is 882 g/mol. The predicted octanol–water partition coefficient (Wildman–Crippen LogP) is 14.1. The van der Waals surface area contributed by atoms with Crippen molar-refractivity contribution in [2.75, 3.05) is 31.9 Å². The normalized spacial score (nSPS) is 12.1. The summed E-state index contributed by atoms with van der Waals surface area (Å²) in [5.74, 6) is 6.74. The van der Waals surface area contributed by atoms with E-state index in [-0.39, 0.29) is 21.7 Å². The van der Waals surface area contributed by atoms with E-state index in [1.165, 1.54) is 33.4 Å². The highest BCUT2D eigenvalue weighted by Crippen LogP contribution is 2.33. The van der Waals surface area contributed by atoms with Crippen molar-refractivity contribution >= 4 is 58.2 Å². The van der Waals surface area contributed by atoms with Gasteiger partial charge >= 0.3 is 0 Å². The molecule has 0 saturated heterocycles. The van der Waals surface area contributed by atoms with Crippen molar-refractivity contribution in [3.05, 3.63) is 161 Å². The summed E-state index contributed by atoms with van der Waals surface area (Å²) in [5.41, 5.74) is 7.99. The Bertz CT molecular complexity index is 2520. The van der Waals surface area contributed by atoms with Crippen molar-refractivity contribution in [1.82, 2.24) is 24.9 Å². The third-order valence-electron chi connectivity index (χ3n) is 11.2. The van der Waals surface area contributed by atoms with Crippen molar-refractivity contribution in [1.29, 1.82) is 0 Å². The highest BCUT2D eigenvalue weighted by Gasteiger charge is 2.22. The van der Waals surface area contributed by atoms with Crippen LogP contribution >= 0.6 is 0 Å². The van der Waals surface area contributed by atoms with Gasteiger partial charge in [-0.05, 0) is 116 Å². The Hall–Kier alpha value is -7.01. The topological polar surface area (TPSA) is 137 Å². The smallest absolute Gasteiger partial charge is 0.133 e. The zero-order chi connectivity index (χ0) is 47.3. The second kappa shape index (κ2) is 19.2. The van der Waals surface area contributed by atoms with Crippen LogP contribution in [0.25, 0.3) is 0 Å². The van der Waals surface area contributed by atoms with Gasteiger partial charge < -0.3 is 31.9 Å². The lowest BCUT2D eigenvalue weighted by molar-refractivity contribution is 0.566. The molecule has 0 spiro atoms. The fourth-order valence-electron chi connectivity index (χ4n) is 7.16. The largest absolute Gasteiger partial charge is 0.366 e. The molecule has 0 radical (unpaired) electrons. The predicted molar refractivity (Wildman–Crippen MR) is 277 cm³/mol. The molecule has 0 amide bonds. The van der Waals surface area contributed by atoms with Crippen LogP contribution in [-0.4, -0.2) is 24.9 Å². The number of hydrogen-bond donors (Lipinski definition) is 6. The van der Waals surface area contributed by atoms with Gasteiger partial charge in [-0.25, -0.2) is 24.9 Å². The van der Waals surface area contributed by atoms with E-state index in [0.29, 0.717) is 59.6 Å². The number of nitrogens with zero attached hydrogens (tertiary/aromatic N) is 5. The van der Waals surface area contributed by atoms with Crippen LogP contribution in [0.5, 0.6) is 0 Å². The van der Waals surface area contributed by atoms with Gasteiger partial charge in [0.25, 0.3) is 0 Å². The first-order valence-electron chi connectivity index (χ1n) is 22.8. The van der Waals surface area contributed by atoms with Crippen LogP contribution in [0, 0.1) is 0 Å². The Morgan fingerprint density at radius 3 is 0.697 bits per heavy atom. The summed E-state index contributed by atoms with van der Waals surface area (Å²) in [7, 11) is 0. The van der Waals surface area contributed by atoms with Gasteiger partial charge in [0.15, 0.2) is 0 Å². The summed E-state index contributed by atoms with van der Waals surface area (Å²) in [6, 6.07) is 42.9. The third-order valence-corrected chi connectivity index (χ3v) is 11.2. The first-order chi connectivity index (χ1) is 31.1. The van der Waals surface area contributed by atoms with Crippen LogP contribution in [0.1, 0.15) is 116 Å². The molecule has 0 bridgehead atoms. The molecule has 11 nitrogen and oxygen atoms in total. The molecule has 5 aromatic heterocycles. The average molecular weight is 882 g/mol. The van der Waals surface area contributed by atoms with Crippen LogP contribution in [-0.2, 0) is 34.7 Å². The molecule has 11 heteroatoms. The Kier molecular flexibility index (Phi) is 13.7. The molecule has 0 aliphatic heterocycles. The van der Waals surface area contributed by atoms with Gasteiger partial charge in [-0.15, -0.1) is 0 Å². The second-order valence-corrected chi connectivity index (χ2v) is 21.1. The molecule has 0 fully saturated rings. The van der Waals surface area contributed by atoms with E-state index in [1.807, 2.05) is 91.0 Å². The molecule has 7 aromatic rings. The van der Waals surface area contributed by atoms with E-state index in [0.717, 1.165) is 11.6 Å². The first kappa shape index (κ1) is 47.0. The SMILES string of the molecule is CC(C)(C)c1cc(CNc2cccc(Nc3cccc(Nc4cccc(Nc5cccc(Nc6cccc(NCc7cc(C(C)(C)C)cc(C(C)(C)C)c7)n6)n5)n4)n3)n2)cc(C(C)(C)C)c1. The number of rotatable bonds is 14. The maximum absolute atomic E-state index is 4.84. The Morgan fingerprint density at radius 1 is 0.288 bits per heavy atom. The lowest BCUT2D eigenvalue weighted by Crippen LogP contribution is -2.17. The van der Waals surface area contributed by atoms with Crippen molar-refractivity contribution in [2.24, 2.45) is 0 Å². The van der Waals surface area contributed by atoms with Gasteiger partial charge in [-0.1, -0.05) is 150 Å². The van der Waals surface area contributed by atoms with Gasteiger partial charge in [0.1, 0.15) is 58.2 Å². The van der Waals surface area contributed by atoms with Crippen LogP contribution in [0.3, 0.4) is 0 Å². The molecular weight excluding hydrogens is 815 g/mol. The van der Waals surface area contributed by atoms with E-state index in [4.69, 9.17) is 24.9 Å². The summed E-state index contributed by atoms with van der Waals surface area (Å²) in [6.45, 7) is 28.5. The first-order valence-corrected chi connectivity index (χ1v) is 22.8. The number of nitrogens with one attached hydrogen (secondary N) is 6. The van der Waals surface area contributed by atoms with Gasteiger partial charge in [0.05, 0.1) is 0 Å². The van der Waals surface area contributed by atoms with E-state index in [9.17, 15) is 0 Å². The van der Waals surface area contributed by atoms with Crippen LogP contribution < -0.4 is 31.9 Å². The zero-order valence-corrected chi connectivity index (χ0v) is 40.8. The van der Waals surface area contributed by atoms with Crippen molar-refractivity contribution in [3.8, 4) is 0 Å². The summed E-state index contributed by atoms with van der Waals surface area (Å²) >= 11 is 0. The Labute approximate surface area is 392 Å². The summed E-state index contributed by atoms with van der Waals surface area (Å²) < 4.78 is 0. The summed E-state index contributed by atoms with van der Waals surface area (Å²) in [6.07, 6.45) is 0. The second-order valence-electron chi connectivity index (χ2n) is 21.1. The van der Waals surface area contributed by atoms with E-state index in [2.05, 4.69) is 151 Å². The van der Waals surface area contributed by atoms with Gasteiger partial charge in [0.2, 0.25) is 0 Å². The molecule has 342 valence electrons. The molecule has 66 heavy (non-hydrogen) atoms. The lowest BCUT2D eigenvalue weighted by Gasteiger charge is -2.26. The van der Waals surface area contributed by atoms with Crippen LogP contribution in [0.4, 0.5) is 58.2 Å². The average Bonchev–Trinajstić information content (AvgIpc) is 3.24. The maximum atomic E-state index is 4.84. The molecule has 5 heterocycles. The third kappa shape index (κ3) is 13.1. The van der Waals surface area contributed by atoms with Crippen molar-refractivity contribution in [2.45, 2.75) is 118 Å². The molecule has 0 aliphatic rings. The molecule has 0 atom stereocenters. The fraction of sp³-hybridized carbons (Fsp3) is 0.327. The zero-order valence-electron chi connectivity index (χ0n) is 40.8. The molecular formula is C55H67N11. The van der Waals surface area contributed by atoms with Gasteiger partial charge in [-0.2, -0.15) is 0 Å². The standard InChI is InChI=1S/C55H67N11/c1-52(2,3)38-28-36(29-39(32-38)53(4,5)6)34-56-42-18-13-20-44(58-42)60-46-22-15-24-48(62-46)64-50-26-17-27-51(66-50)65-49-25-16-23-47(63-49)61-45-21-14-19-43(59-45)57-35-37-30-40(54(7,8)9)33-41(31-37)55(10,11)12/h13-33H,34-35H2,1-12H3,(H6,56,57,58,59,60,61,62,63,64,65,66). The van der Waals surface area contributed by atoms with Gasteiger partial charge in [-0.3, -0.25) is 0 Å². The van der Waals surface area contributed by atoms with Gasteiger partial charge in [0, 0.05) is 13.1 Å². The lowest BCUT2D eigenvalue weighted by atomic mass is 9.79. The number of hydrogen-bond acceptors (Lipinski definition) is 11. The van der Waals surface area contributed by atoms with Crippen LogP contribution in [0.15, 0.2) is 127 Å². The molecule has 0 aliphatic carbocycles. The minimum atomic E-state index is 0.0528. The molecule has 2 aromatic carbocycles. The quantitative estimate of drug-likeness (QED) is 0.0623. The summed E-state index contributed by atoms with van der Waals surface area (Å²) in [4.78, 5) is 24.1. The highest BCUT2D eigenvalue weighted by molar-refractivity contribution is 5.63. The van der Waals surface area contributed by atoms with E-state index in [1.54, 1.807) is 0 Å². The maximum Gasteiger partial charge on any atom is 0.133 e.